The SMILES string of the molecule is CN(C)[C@@H]1C[C@@H](C(=O)O)N(C(=O)OCc2ccccc2)C1. The third kappa shape index (κ3) is 3.72. The van der Waals surface area contributed by atoms with Gasteiger partial charge in [-0.3, -0.25) is 4.90 Å². The van der Waals surface area contributed by atoms with E-state index in [2.05, 4.69) is 0 Å². The van der Waals surface area contributed by atoms with Gasteiger partial charge in [0.25, 0.3) is 0 Å². The number of carbonyl (C=O) groups excluding carboxylic acids is 1. The molecule has 0 spiro atoms. The highest BCUT2D eigenvalue weighted by molar-refractivity contribution is 5.81. The van der Waals surface area contributed by atoms with Crippen LogP contribution in [0.3, 0.4) is 0 Å². The van der Waals surface area contributed by atoms with Crippen molar-refractivity contribution >= 4 is 12.1 Å². The van der Waals surface area contributed by atoms with Gasteiger partial charge in [0, 0.05) is 12.6 Å². The Hall–Kier alpha value is -2.08. The second-order valence-electron chi connectivity index (χ2n) is 5.40. The lowest BCUT2D eigenvalue weighted by Gasteiger charge is -2.21. The second kappa shape index (κ2) is 6.58. The smallest absolute Gasteiger partial charge is 0.410 e. The van der Waals surface area contributed by atoms with Gasteiger partial charge < -0.3 is 14.7 Å². The minimum Gasteiger partial charge on any atom is -0.480 e. The number of ether oxygens (including phenoxy) is 1. The summed E-state index contributed by atoms with van der Waals surface area (Å²) in [5, 5.41) is 9.25. The van der Waals surface area contributed by atoms with Crippen LogP contribution in [0.5, 0.6) is 0 Å². The van der Waals surface area contributed by atoms with Crippen molar-refractivity contribution < 1.29 is 19.4 Å². The number of carboxylic acids is 1. The van der Waals surface area contributed by atoms with E-state index in [1.807, 2.05) is 49.3 Å². The van der Waals surface area contributed by atoms with E-state index in [-0.39, 0.29) is 12.6 Å². The van der Waals surface area contributed by atoms with Crippen molar-refractivity contribution in [1.29, 1.82) is 0 Å². The maximum atomic E-state index is 12.1. The first-order chi connectivity index (χ1) is 9.99. The molecular formula is C15H20N2O4. The Kier molecular flexibility index (Phi) is 4.80. The van der Waals surface area contributed by atoms with Gasteiger partial charge in [-0.05, 0) is 26.1 Å². The molecule has 1 N–H and O–H groups in total. The molecule has 2 atom stereocenters. The topological polar surface area (TPSA) is 70.1 Å². The normalized spacial score (nSPS) is 21.6. The first-order valence-corrected chi connectivity index (χ1v) is 6.85. The first-order valence-electron chi connectivity index (χ1n) is 6.85. The molecule has 21 heavy (non-hydrogen) atoms. The van der Waals surface area contributed by atoms with Crippen LogP contribution >= 0.6 is 0 Å². The van der Waals surface area contributed by atoms with Crippen LogP contribution < -0.4 is 0 Å². The Labute approximate surface area is 123 Å². The Morgan fingerprint density at radius 3 is 2.57 bits per heavy atom. The Balaban J connectivity index is 1.98. The van der Waals surface area contributed by atoms with Crippen LogP contribution in [-0.4, -0.2) is 59.7 Å². The molecule has 0 bridgehead atoms. The van der Waals surface area contributed by atoms with Gasteiger partial charge in [-0.2, -0.15) is 0 Å². The summed E-state index contributed by atoms with van der Waals surface area (Å²) in [5.41, 5.74) is 0.876. The zero-order valence-corrected chi connectivity index (χ0v) is 12.2. The summed E-state index contributed by atoms with van der Waals surface area (Å²) in [5.74, 6) is -0.990. The van der Waals surface area contributed by atoms with Crippen LogP contribution in [0.2, 0.25) is 0 Å². The number of aliphatic carboxylic acids is 1. The standard InChI is InChI=1S/C15H20N2O4/c1-16(2)12-8-13(14(18)19)17(9-12)15(20)21-10-11-6-4-3-5-7-11/h3-7,12-13H,8-10H2,1-2H3,(H,18,19)/t12-,13+/m1/s1. The highest BCUT2D eigenvalue weighted by Gasteiger charge is 2.41. The number of likely N-dealkylation sites (tertiary alicyclic amines) is 1. The van der Waals surface area contributed by atoms with E-state index in [1.54, 1.807) is 0 Å². The van der Waals surface area contributed by atoms with Crippen molar-refractivity contribution in [2.75, 3.05) is 20.6 Å². The molecule has 1 aliphatic heterocycles. The minimum absolute atomic E-state index is 0.0374. The van der Waals surface area contributed by atoms with E-state index in [4.69, 9.17) is 4.74 Å². The van der Waals surface area contributed by atoms with Crippen molar-refractivity contribution in [2.45, 2.75) is 25.1 Å². The van der Waals surface area contributed by atoms with Gasteiger partial charge >= 0.3 is 12.1 Å². The molecule has 0 aromatic heterocycles. The van der Waals surface area contributed by atoms with Crippen LogP contribution in [0.15, 0.2) is 30.3 Å². The molecule has 114 valence electrons. The minimum atomic E-state index is -0.990. The van der Waals surface area contributed by atoms with Gasteiger partial charge in [-0.1, -0.05) is 30.3 Å². The average molecular weight is 292 g/mol. The van der Waals surface area contributed by atoms with E-state index in [0.717, 1.165) is 5.56 Å². The van der Waals surface area contributed by atoms with Crippen LogP contribution in [0, 0.1) is 0 Å². The molecule has 1 aliphatic rings. The van der Waals surface area contributed by atoms with Gasteiger partial charge in [-0.25, -0.2) is 9.59 Å². The molecule has 1 aromatic carbocycles. The molecule has 0 unspecified atom stereocenters. The lowest BCUT2D eigenvalue weighted by molar-refractivity contribution is -0.141. The van der Waals surface area contributed by atoms with Crippen LogP contribution in [0.25, 0.3) is 0 Å². The van der Waals surface area contributed by atoms with Crippen molar-refractivity contribution in [3.05, 3.63) is 35.9 Å². The summed E-state index contributed by atoms with van der Waals surface area (Å²) >= 11 is 0. The average Bonchev–Trinajstić information content (AvgIpc) is 2.91. The Morgan fingerprint density at radius 1 is 1.33 bits per heavy atom. The van der Waals surface area contributed by atoms with Crippen molar-refractivity contribution in [1.82, 2.24) is 9.80 Å². The number of carbonyl (C=O) groups is 2. The largest absolute Gasteiger partial charge is 0.480 e. The fraction of sp³-hybridized carbons (Fsp3) is 0.467. The quantitative estimate of drug-likeness (QED) is 0.908. The number of hydrogen-bond acceptors (Lipinski definition) is 4. The molecule has 0 radical (unpaired) electrons. The molecule has 0 saturated carbocycles. The number of benzene rings is 1. The fourth-order valence-electron chi connectivity index (χ4n) is 2.43. The van der Waals surface area contributed by atoms with Crippen LogP contribution in [0.4, 0.5) is 4.79 Å². The maximum absolute atomic E-state index is 12.1. The molecule has 1 saturated heterocycles. The van der Waals surface area contributed by atoms with Crippen molar-refractivity contribution in [3.8, 4) is 0 Å². The van der Waals surface area contributed by atoms with E-state index >= 15 is 0 Å². The molecule has 1 amide bonds. The monoisotopic (exact) mass is 292 g/mol. The van der Waals surface area contributed by atoms with Crippen LogP contribution in [-0.2, 0) is 16.1 Å². The summed E-state index contributed by atoms with van der Waals surface area (Å²) in [7, 11) is 3.75. The highest BCUT2D eigenvalue weighted by Crippen LogP contribution is 2.22. The Bertz CT molecular complexity index is 504. The molecule has 0 aliphatic carbocycles. The zero-order valence-electron chi connectivity index (χ0n) is 12.2. The predicted molar refractivity (Wildman–Crippen MR) is 76.8 cm³/mol. The molecule has 1 aromatic rings. The third-order valence-corrected chi connectivity index (χ3v) is 3.73. The van der Waals surface area contributed by atoms with Gasteiger partial charge in [0.1, 0.15) is 12.6 Å². The molecule has 6 nitrogen and oxygen atoms in total. The van der Waals surface area contributed by atoms with Gasteiger partial charge in [0.05, 0.1) is 0 Å². The van der Waals surface area contributed by atoms with Crippen LogP contribution in [0.1, 0.15) is 12.0 Å². The van der Waals surface area contributed by atoms with E-state index in [0.29, 0.717) is 13.0 Å². The van der Waals surface area contributed by atoms with Gasteiger partial charge in [0.2, 0.25) is 0 Å². The summed E-state index contributed by atoms with van der Waals surface area (Å²) in [6.07, 6.45) is -0.154. The zero-order chi connectivity index (χ0) is 15.4. The highest BCUT2D eigenvalue weighted by atomic mass is 16.6. The van der Waals surface area contributed by atoms with Gasteiger partial charge in [0.15, 0.2) is 0 Å². The van der Waals surface area contributed by atoms with Crippen molar-refractivity contribution in [3.63, 3.8) is 0 Å². The fourth-order valence-corrected chi connectivity index (χ4v) is 2.43. The third-order valence-electron chi connectivity index (χ3n) is 3.73. The molecule has 6 heteroatoms. The summed E-state index contributed by atoms with van der Waals surface area (Å²) < 4.78 is 5.23. The van der Waals surface area contributed by atoms with E-state index in [1.165, 1.54) is 4.90 Å². The summed E-state index contributed by atoms with van der Waals surface area (Å²) in [4.78, 5) is 26.6. The Morgan fingerprint density at radius 2 is 2.00 bits per heavy atom. The lowest BCUT2D eigenvalue weighted by Crippen LogP contribution is -2.41. The molecular weight excluding hydrogens is 272 g/mol. The number of hydrogen-bond donors (Lipinski definition) is 1. The predicted octanol–water partition coefficient (Wildman–Crippen LogP) is 1.41. The number of amides is 1. The molecule has 1 heterocycles. The number of rotatable bonds is 4. The first kappa shape index (κ1) is 15.3. The summed E-state index contributed by atoms with van der Waals surface area (Å²) in [6, 6.07) is 8.54. The second-order valence-corrected chi connectivity index (χ2v) is 5.40. The summed E-state index contributed by atoms with van der Waals surface area (Å²) in [6.45, 7) is 0.521. The maximum Gasteiger partial charge on any atom is 0.410 e. The number of likely N-dealkylation sites (N-methyl/N-ethyl adjacent to an activating group) is 1. The number of carboxylic acid groups (broad SMARTS) is 1. The van der Waals surface area contributed by atoms with Crippen molar-refractivity contribution in [2.24, 2.45) is 0 Å². The van der Waals surface area contributed by atoms with E-state index in [9.17, 15) is 14.7 Å². The lowest BCUT2D eigenvalue weighted by atomic mass is 10.1. The number of nitrogens with zero attached hydrogens (tertiary/aromatic N) is 2. The van der Waals surface area contributed by atoms with E-state index < -0.39 is 18.1 Å². The molecule has 1 fully saturated rings. The molecule has 2 rings (SSSR count). The van der Waals surface area contributed by atoms with Gasteiger partial charge in [-0.15, -0.1) is 0 Å².